The fraction of sp³-hybridized carbons (Fsp3) is 0.211. The van der Waals surface area contributed by atoms with Crippen LogP contribution in [0.1, 0.15) is 11.1 Å². The van der Waals surface area contributed by atoms with Crippen molar-refractivity contribution in [1.29, 1.82) is 0 Å². The van der Waals surface area contributed by atoms with Crippen LogP contribution in [0.4, 0.5) is 0 Å². The maximum atomic E-state index is 10.5. The van der Waals surface area contributed by atoms with Gasteiger partial charge in [-0.25, -0.2) is 0 Å². The van der Waals surface area contributed by atoms with Crippen LogP contribution in [0.2, 0.25) is 10.0 Å². The number of carboxylic acids is 1. The average Bonchev–Trinajstić information content (AvgIpc) is 3.00. The van der Waals surface area contributed by atoms with Crippen LogP contribution in [-0.2, 0) is 17.8 Å². The predicted octanol–water partition coefficient (Wildman–Crippen LogP) is 5.68. The predicted molar refractivity (Wildman–Crippen MR) is 106 cm³/mol. The van der Waals surface area contributed by atoms with Gasteiger partial charge in [0, 0.05) is 27.1 Å². The molecule has 1 heterocycles. The van der Waals surface area contributed by atoms with E-state index in [2.05, 4.69) is 0 Å². The summed E-state index contributed by atoms with van der Waals surface area (Å²) in [7, 11) is 0. The highest BCUT2D eigenvalue weighted by molar-refractivity contribution is 7.99. The Labute approximate surface area is 165 Å². The summed E-state index contributed by atoms with van der Waals surface area (Å²) in [6, 6.07) is 11.0. The van der Waals surface area contributed by atoms with Crippen molar-refractivity contribution < 1.29 is 19.1 Å². The summed E-state index contributed by atoms with van der Waals surface area (Å²) in [5.74, 6) is 0.731. The summed E-state index contributed by atoms with van der Waals surface area (Å²) in [5.41, 5.74) is 2.65. The van der Waals surface area contributed by atoms with Gasteiger partial charge in [-0.05, 0) is 42.0 Å². The standard InChI is InChI=1S/C19H16Cl2O4S/c20-14-2-1-13(17(21)7-14)10-24-15-3-4-16-12(9-25-18(16)8-15)5-6-26-11-19(22)23/h1-4,7-9H,5-6,10-11H2,(H,22,23). The van der Waals surface area contributed by atoms with Crippen molar-refractivity contribution in [2.75, 3.05) is 11.5 Å². The molecule has 3 aromatic rings. The van der Waals surface area contributed by atoms with Crippen molar-refractivity contribution >= 4 is 51.9 Å². The Morgan fingerprint density at radius 1 is 1.15 bits per heavy atom. The molecular weight excluding hydrogens is 395 g/mol. The zero-order chi connectivity index (χ0) is 18.5. The van der Waals surface area contributed by atoms with E-state index >= 15 is 0 Å². The molecule has 0 atom stereocenters. The number of hydrogen-bond acceptors (Lipinski definition) is 4. The number of rotatable bonds is 8. The second-order valence-electron chi connectivity index (χ2n) is 5.64. The zero-order valence-corrected chi connectivity index (χ0v) is 16.0. The van der Waals surface area contributed by atoms with Crippen molar-refractivity contribution in [2.45, 2.75) is 13.0 Å². The second kappa shape index (κ2) is 8.71. The van der Waals surface area contributed by atoms with Crippen LogP contribution in [0.25, 0.3) is 11.0 Å². The maximum absolute atomic E-state index is 10.5. The third kappa shape index (κ3) is 4.87. The van der Waals surface area contributed by atoms with Crippen LogP contribution in [-0.4, -0.2) is 22.6 Å². The Balaban J connectivity index is 1.63. The van der Waals surface area contributed by atoms with Crippen LogP contribution >= 0.6 is 35.0 Å². The first-order chi connectivity index (χ1) is 12.5. The molecule has 3 rings (SSSR count). The number of aliphatic carboxylic acids is 1. The average molecular weight is 411 g/mol. The molecule has 0 amide bonds. The maximum Gasteiger partial charge on any atom is 0.313 e. The van der Waals surface area contributed by atoms with E-state index in [9.17, 15) is 4.79 Å². The Bertz CT molecular complexity index is 923. The Kier molecular flexibility index (Phi) is 6.35. The van der Waals surface area contributed by atoms with Gasteiger partial charge in [0.15, 0.2) is 0 Å². The molecule has 136 valence electrons. The van der Waals surface area contributed by atoms with Gasteiger partial charge in [0.2, 0.25) is 0 Å². The van der Waals surface area contributed by atoms with E-state index in [4.69, 9.17) is 37.5 Å². The van der Waals surface area contributed by atoms with Crippen LogP contribution < -0.4 is 4.74 Å². The number of carbonyl (C=O) groups is 1. The summed E-state index contributed by atoms with van der Waals surface area (Å²) < 4.78 is 11.4. The topological polar surface area (TPSA) is 59.7 Å². The van der Waals surface area contributed by atoms with Gasteiger partial charge in [-0.3, -0.25) is 4.79 Å². The zero-order valence-electron chi connectivity index (χ0n) is 13.7. The highest BCUT2D eigenvalue weighted by atomic mass is 35.5. The molecule has 0 aliphatic rings. The fourth-order valence-electron chi connectivity index (χ4n) is 2.49. The van der Waals surface area contributed by atoms with E-state index in [1.54, 1.807) is 18.4 Å². The molecule has 7 heteroatoms. The van der Waals surface area contributed by atoms with Gasteiger partial charge < -0.3 is 14.3 Å². The minimum absolute atomic E-state index is 0.112. The van der Waals surface area contributed by atoms with E-state index in [0.29, 0.717) is 22.4 Å². The van der Waals surface area contributed by atoms with E-state index in [1.807, 2.05) is 24.3 Å². The number of halogens is 2. The molecule has 0 spiro atoms. The quantitative estimate of drug-likeness (QED) is 0.484. The molecule has 0 unspecified atom stereocenters. The van der Waals surface area contributed by atoms with E-state index in [1.165, 1.54) is 11.8 Å². The number of fused-ring (bicyclic) bond motifs is 1. The van der Waals surface area contributed by atoms with Crippen LogP contribution in [0.3, 0.4) is 0 Å². The second-order valence-corrected chi connectivity index (χ2v) is 7.59. The number of ether oxygens (including phenoxy) is 1. The molecule has 0 saturated carbocycles. The first-order valence-electron chi connectivity index (χ1n) is 7.89. The number of thioether (sulfide) groups is 1. The summed E-state index contributed by atoms with van der Waals surface area (Å²) >= 11 is 13.4. The van der Waals surface area contributed by atoms with Gasteiger partial charge in [-0.1, -0.05) is 29.3 Å². The summed E-state index contributed by atoms with van der Waals surface area (Å²) in [4.78, 5) is 10.5. The number of benzene rings is 2. The number of aryl methyl sites for hydroxylation is 1. The SMILES string of the molecule is O=C(O)CSCCc1coc2cc(OCc3ccc(Cl)cc3Cl)ccc12. The number of furan rings is 1. The van der Waals surface area contributed by atoms with E-state index in [-0.39, 0.29) is 5.75 Å². The lowest BCUT2D eigenvalue weighted by Crippen LogP contribution is -1.99. The Hall–Kier alpha value is -1.82. The summed E-state index contributed by atoms with van der Waals surface area (Å²) in [5, 5.41) is 10.8. The van der Waals surface area contributed by atoms with Gasteiger partial charge in [0.1, 0.15) is 17.9 Å². The first-order valence-corrected chi connectivity index (χ1v) is 9.80. The molecule has 0 aliphatic heterocycles. The third-order valence-electron chi connectivity index (χ3n) is 3.78. The van der Waals surface area contributed by atoms with Crippen molar-refractivity contribution in [3.63, 3.8) is 0 Å². The van der Waals surface area contributed by atoms with Crippen molar-refractivity contribution in [2.24, 2.45) is 0 Å². The fourth-order valence-corrected chi connectivity index (χ4v) is 3.63. The normalized spacial score (nSPS) is 11.0. The largest absolute Gasteiger partial charge is 0.489 e. The smallest absolute Gasteiger partial charge is 0.313 e. The molecule has 4 nitrogen and oxygen atoms in total. The highest BCUT2D eigenvalue weighted by Crippen LogP contribution is 2.28. The lowest BCUT2D eigenvalue weighted by Gasteiger charge is -2.08. The minimum atomic E-state index is -0.797. The lowest BCUT2D eigenvalue weighted by atomic mass is 10.1. The highest BCUT2D eigenvalue weighted by Gasteiger charge is 2.09. The molecule has 1 N–H and O–H groups in total. The molecule has 0 saturated heterocycles. The van der Waals surface area contributed by atoms with Gasteiger partial charge in [-0.2, -0.15) is 0 Å². The Morgan fingerprint density at radius 2 is 2.00 bits per heavy atom. The van der Waals surface area contributed by atoms with Crippen molar-refractivity contribution in [3.05, 3.63) is 63.8 Å². The molecule has 26 heavy (non-hydrogen) atoms. The van der Waals surface area contributed by atoms with Crippen LogP contribution in [0.5, 0.6) is 5.75 Å². The lowest BCUT2D eigenvalue weighted by molar-refractivity contribution is -0.133. The third-order valence-corrected chi connectivity index (χ3v) is 5.31. The van der Waals surface area contributed by atoms with Gasteiger partial charge >= 0.3 is 5.97 Å². The Morgan fingerprint density at radius 3 is 2.77 bits per heavy atom. The first kappa shape index (κ1) is 19.0. The van der Waals surface area contributed by atoms with Crippen LogP contribution in [0.15, 0.2) is 47.1 Å². The van der Waals surface area contributed by atoms with E-state index < -0.39 is 5.97 Å². The van der Waals surface area contributed by atoms with Crippen molar-refractivity contribution in [3.8, 4) is 5.75 Å². The monoisotopic (exact) mass is 410 g/mol. The molecule has 0 fully saturated rings. The minimum Gasteiger partial charge on any atom is -0.489 e. The van der Waals surface area contributed by atoms with Gasteiger partial charge in [0.25, 0.3) is 0 Å². The molecule has 0 radical (unpaired) electrons. The van der Waals surface area contributed by atoms with E-state index in [0.717, 1.165) is 34.3 Å². The number of carboxylic acid groups (broad SMARTS) is 1. The van der Waals surface area contributed by atoms with Gasteiger partial charge in [0.05, 0.1) is 12.0 Å². The molecular formula is C19H16Cl2O4S. The molecule has 0 aliphatic carbocycles. The van der Waals surface area contributed by atoms with Crippen LogP contribution in [0, 0.1) is 0 Å². The number of hydrogen-bond donors (Lipinski definition) is 1. The molecule has 0 bridgehead atoms. The summed E-state index contributed by atoms with van der Waals surface area (Å²) in [6.45, 7) is 0.334. The van der Waals surface area contributed by atoms with Crippen molar-refractivity contribution in [1.82, 2.24) is 0 Å². The summed E-state index contributed by atoms with van der Waals surface area (Å²) in [6.07, 6.45) is 2.47. The molecule has 1 aromatic heterocycles. The van der Waals surface area contributed by atoms with Gasteiger partial charge in [-0.15, -0.1) is 11.8 Å². The molecule has 2 aromatic carbocycles.